The number of phenols is 6. The Morgan fingerprint density at radius 1 is 0.683 bits per heavy atom. The van der Waals surface area contributed by atoms with E-state index in [9.17, 15) is 45.6 Å². The Kier molecular flexibility index (Phi) is 6.27. The number of phenolic OH excluding ortho intramolecular Hbond substituents is 6. The summed E-state index contributed by atoms with van der Waals surface area (Å²) < 4.78 is 23.7. The summed E-state index contributed by atoms with van der Waals surface area (Å²) in [6, 6.07) is 4.08. The van der Waals surface area contributed by atoms with Crippen molar-refractivity contribution >= 4 is 5.97 Å². The molecule has 13 nitrogen and oxygen atoms in total. The maximum Gasteiger partial charge on any atom is 0.338 e. The highest BCUT2D eigenvalue weighted by molar-refractivity contribution is 5.91. The van der Waals surface area contributed by atoms with Crippen LogP contribution in [0.1, 0.15) is 51.6 Å². The summed E-state index contributed by atoms with van der Waals surface area (Å²) in [6.45, 7) is 0. The van der Waals surface area contributed by atoms with E-state index < -0.39 is 65.3 Å². The summed E-state index contributed by atoms with van der Waals surface area (Å²) in [6.07, 6.45) is -3.30. The van der Waals surface area contributed by atoms with E-state index in [1.807, 2.05) is 0 Å². The van der Waals surface area contributed by atoms with Crippen LogP contribution in [0.25, 0.3) is 0 Å². The van der Waals surface area contributed by atoms with Gasteiger partial charge in [-0.05, 0) is 37.1 Å². The lowest BCUT2D eigenvalue weighted by Crippen LogP contribution is -2.37. The second-order valence-electron chi connectivity index (χ2n) is 10.1. The molecule has 0 bridgehead atoms. The average molecular weight is 571 g/mol. The van der Waals surface area contributed by atoms with Crippen LogP contribution in [-0.2, 0) is 24.0 Å². The first-order chi connectivity index (χ1) is 19.5. The predicted octanol–water partition coefficient (Wildman–Crippen LogP) is 2.11. The van der Waals surface area contributed by atoms with Gasteiger partial charge in [-0.1, -0.05) is 0 Å². The van der Waals surface area contributed by atoms with Gasteiger partial charge in [0.05, 0.1) is 5.56 Å². The second-order valence-corrected chi connectivity index (χ2v) is 10.1. The molecule has 2 unspecified atom stereocenters. The lowest BCUT2D eigenvalue weighted by atomic mass is 9.86. The summed E-state index contributed by atoms with van der Waals surface area (Å²) in [5.74, 6) is -4.49. The molecule has 0 aliphatic carbocycles. The van der Waals surface area contributed by atoms with Crippen LogP contribution >= 0.6 is 0 Å². The highest BCUT2D eigenvalue weighted by Crippen LogP contribution is 2.53. The normalized spacial score (nSPS) is 22.7. The average Bonchev–Trinajstić information content (AvgIpc) is 2.93. The molecule has 13 heteroatoms. The Hall–Kier alpha value is -4.75. The Morgan fingerprint density at radius 2 is 1.15 bits per heavy atom. The zero-order valence-electron chi connectivity index (χ0n) is 21.3. The van der Waals surface area contributed by atoms with Crippen molar-refractivity contribution in [3.63, 3.8) is 0 Å². The number of benzene rings is 3. The minimum absolute atomic E-state index is 0.0466. The molecule has 3 aromatic rings. The van der Waals surface area contributed by atoms with Gasteiger partial charge in [0.2, 0.25) is 0 Å². The molecule has 216 valence electrons. The third-order valence-corrected chi connectivity index (χ3v) is 7.41. The molecule has 8 N–H and O–H groups in total. The molecule has 0 radical (unpaired) electrons. The first-order valence-electron chi connectivity index (χ1n) is 12.8. The van der Waals surface area contributed by atoms with Crippen molar-refractivity contribution in [3.05, 3.63) is 52.1 Å². The molecule has 0 fully saturated rings. The summed E-state index contributed by atoms with van der Waals surface area (Å²) in [5, 5.41) is 80.2. The predicted molar refractivity (Wildman–Crippen MR) is 136 cm³/mol. The zero-order chi connectivity index (χ0) is 29.2. The van der Waals surface area contributed by atoms with Crippen molar-refractivity contribution in [2.24, 2.45) is 0 Å². The smallest absolute Gasteiger partial charge is 0.338 e. The number of hydrogen-bond donors (Lipinski definition) is 8. The number of hydrogen-bond acceptors (Lipinski definition) is 13. The number of aliphatic hydroxyl groups excluding tert-OH is 2. The van der Waals surface area contributed by atoms with E-state index in [0.29, 0.717) is 41.0 Å². The van der Waals surface area contributed by atoms with Crippen molar-refractivity contribution in [2.75, 3.05) is 0 Å². The van der Waals surface area contributed by atoms with Crippen LogP contribution < -0.4 is 14.2 Å². The topological polar surface area (TPSA) is 216 Å². The van der Waals surface area contributed by atoms with Gasteiger partial charge >= 0.3 is 5.97 Å². The van der Waals surface area contributed by atoms with Crippen molar-refractivity contribution in [2.45, 2.75) is 56.9 Å². The van der Waals surface area contributed by atoms with E-state index in [1.54, 1.807) is 0 Å². The molecule has 0 aromatic heterocycles. The third-order valence-electron chi connectivity index (χ3n) is 7.41. The van der Waals surface area contributed by atoms with Gasteiger partial charge in [-0.25, -0.2) is 4.79 Å². The fraction of sp³-hybridized carbons (Fsp3) is 0.321. The van der Waals surface area contributed by atoms with Crippen molar-refractivity contribution in [1.29, 1.82) is 0 Å². The molecule has 3 aliphatic heterocycles. The van der Waals surface area contributed by atoms with E-state index in [2.05, 4.69) is 0 Å². The zero-order valence-corrected chi connectivity index (χ0v) is 21.3. The summed E-state index contributed by atoms with van der Waals surface area (Å²) in [4.78, 5) is 13.2. The number of carbonyl (C=O) groups is 1. The van der Waals surface area contributed by atoms with E-state index >= 15 is 0 Å². The molecule has 4 atom stereocenters. The van der Waals surface area contributed by atoms with Crippen LogP contribution in [0.3, 0.4) is 0 Å². The monoisotopic (exact) mass is 570 g/mol. The quantitative estimate of drug-likeness (QED) is 0.167. The van der Waals surface area contributed by atoms with Crippen LogP contribution in [0.4, 0.5) is 0 Å². The molecule has 0 amide bonds. The molecule has 3 aliphatic rings. The Morgan fingerprint density at radius 3 is 1.68 bits per heavy atom. The van der Waals surface area contributed by atoms with Crippen LogP contribution in [0.2, 0.25) is 0 Å². The molecule has 41 heavy (non-hydrogen) atoms. The molecular weight excluding hydrogens is 544 g/mol. The van der Waals surface area contributed by atoms with Gasteiger partial charge < -0.3 is 59.8 Å². The van der Waals surface area contributed by atoms with Crippen molar-refractivity contribution in [3.8, 4) is 51.7 Å². The van der Waals surface area contributed by atoms with Crippen LogP contribution in [0.15, 0.2) is 24.3 Å². The molecule has 6 rings (SSSR count). The highest BCUT2D eigenvalue weighted by atomic mass is 16.6. The van der Waals surface area contributed by atoms with E-state index in [0.717, 1.165) is 24.3 Å². The maximum absolute atomic E-state index is 13.2. The summed E-state index contributed by atoms with van der Waals surface area (Å²) in [5.41, 5.74) is 1.53. The minimum Gasteiger partial charge on any atom is -0.504 e. The van der Waals surface area contributed by atoms with Gasteiger partial charge in [0, 0.05) is 41.5 Å². The number of carbonyl (C=O) groups excluding carboxylic acids is 1. The van der Waals surface area contributed by atoms with Crippen LogP contribution in [-0.4, -0.2) is 65.5 Å². The Labute approximate surface area is 231 Å². The standard InChI is InChI=1S/C28H26O13/c29-15-5-10(6-16(30)22(15)35)24-19(38-28(37)11-7-17(31)23(36)18(32)8-11)9-14-26-12(1-3-21(34)40-26)25-13(27(14)41-24)2-4-20(33)39-25/h5-8,19-21,24,29-36H,1-4,9H2/t19-,20?,21?,24-/m1/s1. The van der Waals surface area contributed by atoms with E-state index in [4.69, 9.17) is 18.9 Å². The van der Waals surface area contributed by atoms with Gasteiger partial charge in [0.15, 0.2) is 53.2 Å². The Balaban J connectivity index is 1.48. The number of aliphatic hydroxyl groups is 2. The number of ether oxygens (including phenoxy) is 4. The highest BCUT2D eigenvalue weighted by Gasteiger charge is 2.42. The molecule has 3 heterocycles. The lowest BCUT2D eigenvalue weighted by molar-refractivity contribution is -0.0489. The fourth-order valence-electron chi connectivity index (χ4n) is 5.46. The van der Waals surface area contributed by atoms with Gasteiger partial charge in [0.25, 0.3) is 0 Å². The first kappa shape index (κ1) is 26.5. The number of esters is 1. The second kappa shape index (κ2) is 9.71. The van der Waals surface area contributed by atoms with Gasteiger partial charge in [-0.2, -0.15) is 0 Å². The number of aromatic hydroxyl groups is 6. The van der Waals surface area contributed by atoms with Crippen LogP contribution in [0.5, 0.6) is 51.7 Å². The minimum atomic E-state index is -1.18. The number of fused-ring (bicyclic) bond motifs is 6. The number of rotatable bonds is 3. The molecule has 0 saturated carbocycles. The summed E-state index contributed by atoms with van der Waals surface area (Å²) >= 11 is 0. The fourth-order valence-corrected chi connectivity index (χ4v) is 5.46. The maximum atomic E-state index is 13.2. The SMILES string of the molecule is O=C(O[C@@H]1Cc2c3c(c4c(c2O[C@@H]1c1cc(O)c(O)c(O)c1)CCC(O)O4)CCC(O)O3)c1cc(O)c(O)c(O)c1. The van der Waals surface area contributed by atoms with E-state index in [1.165, 1.54) is 0 Å². The van der Waals surface area contributed by atoms with E-state index in [-0.39, 0.29) is 36.1 Å². The molecule has 0 saturated heterocycles. The molecule has 3 aromatic carbocycles. The molecule has 0 spiro atoms. The third kappa shape index (κ3) is 4.48. The van der Waals surface area contributed by atoms with Gasteiger partial charge in [0.1, 0.15) is 23.4 Å². The first-order valence-corrected chi connectivity index (χ1v) is 12.8. The summed E-state index contributed by atoms with van der Waals surface area (Å²) in [7, 11) is 0. The largest absolute Gasteiger partial charge is 0.504 e. The van der Waals surface area contributed by atoms with Gasteiger partial charge in [-0.15, -0.1) is 0 Å². The molecular formula is C28H26O13. The van der Waals surface area contributed by atoms with Crippen molar-refractivity contribution < 1.29 is 64.6 Å². The van der Waals surface area contributed by atoms with Crippen molar-refractivity contribution in [1.82, 2.24) is 0 Å². The van der Waals surface area contributed by atoms with Crippen LogP contribution in [0, 0.1) is 0 Å². The lowest BCUT2D eigenvalue weighted by Gasteiger charge is -2.39. The van der Waals surface area contributed by atoms with Gasteiger partial charge in [-0.3, -0.25) is 0 Å². The Bertz CT molecular complexity index is 1520.